The van der Waals surface area contributed by atoms with Crippen LogP contribution in [0.4, 0.5) is 0 Å². The number of hydrogen-bond acceptors (Lipinski definition) is 3. The summed E-state index contributed by atoms with van der Waals surface area (Å²) in [6, 6.07) is 0. The van der Waals surface area contributed by atoms with Crippen LogP contribution in [0.2, 0.25) is 19.6 Å². The molecule has 70 valence electrons. The Morgan fingerprint density at radius 1 is 1.33 bits per heavy atom. The molecule has 12 heavy (non-hydrogen) atoms. The van der Waals surface area contributed by atoms with Crippen LogP contribution in [0, 0.1) is 0 Å². The van der Waals surface area contributed by atoms with E-state index in [9.17, 15) is 12.6 Å². The van der Waals surface area contributed by atoms with Gasteiger partial charge in [-0.2, -0.15) is 8.42 Å². The Morgan fingerprint density at radius 2 is 1.42 bits per heavy atom. The van der Waals surface area contributed by atoms with Crippen LogP contribution in [0.15, 0.2) is 0 Å². The van der Waals surface area contributed by atoms with E-state index >= 15 is 0 Å². The average Bonchev–Trinajstić information content (AvgIpc) is 1.55. The molecule has 0 heterocycles. The van der Waals surface area contributed by atoms with Crippen LogP contribution >= 0.6 is 0 Å². The Bertz CT molecular complexity index is 236. The molecule has 0 aliphatic carbocycles. The minimum atomic E-state index is -4.71. The van der Waals surface area contributed by atoms with Crippen LogP contribution in [0.5, 0.6) is 0 Å². The van der Waals surface area contributed by atoms with Crippen molar-refractivity contribution in [2.24, 2.45) is 0 Å². The van der Waals surface area contributed by atoms with Crippen molar-refractivity contribution in [1.82, 2.24) is 0 Å². The molecule has 2 N–H and O–H groups in total. The molecule has 0 aliphatic heterocycles. The van der Waals surface area contributed by atoms with Gasteiger partial charge in [0.2, 0.25) is 0 Å². The van der Waals surface area contributed by atoms with E-state index in [-0.39, 0.29) is 0 Å². The maximum Gasteiger partial charge on any atom is 0.373 e. The summed E-state index contributed by atoms with van der Waals surface area (Å²) in [4.78, 5) is 0. The summed E-state index contributed by atoms with van der Waals surface area (Å²) < 4.78 is 42.5. The van der Waals surface area contributed by atoms with Crippen molar-refractivity contribution in [3.05, 3.63) is 0 Å². The average molecular weight is 242 g/mol. The fraction of sp³-hybridized carbons (Fsp3) is 1.00. The van der Waals surface area contributed by atoms with E-state index < -0.39 is 23.9 Å². The zero-order chi connectivity index (χ0) is 10.6. The molecular weight excluding hydrogens is 231 g/mol. The Labute approximate surface area is 91.6 Å². The largest absolute Gasteiger partial charge is 0.373 e. The third-order valence-corrected chi connectivity index (χ3v) is 1.62. The molecule has 0 aromatic heterocycles. The predicted molar refractivity (Wildman–Crippen MR) is 51.4 cm³/mol. The van der Waals surface area contributed by atoms with Crippen molar-refractivity contribution >= 4 is 50.9 Å². The second-order valence-corrected chi connectivity index (χ2v) is 22.1. The SMILES string of the molecule is C[Si](C)(C)[Na].O=S(O)S(=O)(=O)O. The number of hydrogen-bond donors (Lipinski definition) is 2. The van der Waals surface area contributed by atoms with Crippen LogP contribution in [0.25, 0.3) is 0 Å². The Hall–Kier alpha value is 1.24. The van der Waals surface area contributed by atoms with Gasteiger partial charge in [-0.25, -0.2) is 4.21 Å². The third-order valence-electron chi connectivity index (χ3n) is 0.180. The van der Waals surface area contributed by atoms with E-state index in [1.54, 1.807) is 0 Å². The van der Waals surface area contributed by atoms with Crippen molar-refractivity contribution < 1.29 is 21.7 Å². The van der Waals surface area contributed by atoms with Gasteiger partial charge < -0.3 is 0 Å². The molecule has 1 unspecified atom stereocenters. The van der Waals surface area contributed by atoms with Gasteiger partial charge in [-0.05, 0) is 0 Å². The van der Waals surface area contributed by atoms with Crippen molar-refractivity contribution in [2.75, 3.05) is 0 Å². The fourth-order valence-corrected chi connectivity index (χ4v) is 0. The summed E-state index contributed by atoms with van der Waals surface area (Å²) in [5.41, 5.74) is 0. The maximum absolute atomic E-state index is 9.34. The summed E-state index contributed by atoms with van der Waals surface area (Å²) >= 11 is 1.45. The topological polar surface area (TPSA) is 91.7 Å². The number of rotatable bonds is 1. The van der Waals surface area contributed by atoms with Gasteiger partial charge in [0, 0.05) is 0 Å². The monoisotopic (exact) mass is 242 g/mol. The fourth-order valence-electron chi connectivity index (χ4n) is 0. The first-order valence-corrected chi connectivity index (χ1v) is 13.1. The van der Waals surface area contributed by atoms with Gasteiger partial charge in [0.1, 0.15) is 0 Å². The van der Waals surface area contributed by atoms with Gasteiger partial charge in [0.05, 0.1) is 0 Å². The van der Waals surface area contributed by atoms with E-state index in [1.165, 1.54) is 27.0 Å². The van der Waals surface area contributed by atoms with E-state index in [0.717, 1.165) is 0 Å². The van der Waals surface area contributed by atoms with Gasteiger partial charge in [-0.15, -0.1) is 0 Å². The summed E-state index contributed by atoms with van der Waals surface area (Å²) in [6.45, 7) is 7.16. The molecule has 0 amide bonds. The molecule has 0 radical (unpaired) electrons. The van der Waals surface area contributed by atoms with Crippen LogP contribution in [-0.2, 0) is 19.3 Å². The first kappa shape index (κ1) is 15.7. The molecule has 0 rings (SSSR count). The van der Waals surface area contributed by atoms with Gasteiger partial charge in [-0.3, -0.25) is 9.11 Å². The van der Waals surface area contributed by atoms with Crippen LogP contribution < -0.4 is 0 Å². The van der Waals surface area contributed by atoms with Gasteiger partial charge in [0.15, 0.2) is 0 Å². The van der Waals surface area contributed by atoms with Gasteiger partial charge in [0.25, 0.3) is 0 Å². The summed E-state index contributed by atoms with van der Waals surface area (Å²) in [7, 11) is -7.87. The zero-order valence-corrected chi connectivity index (χ0v) is 12.1. The third kappa shape index (κ3) is 22.5. The van der Waals surface area contributed by atoms with Crippen molar-refractivity contribution in [3.8, 4) is 0 Å². The Kier molecular flexibility index (Phi) is 7.67. The zero-order valence-electron chi connectivity index (χ0n) is 7.44. The van der Waals surface area contributed by atoms with E-state index in [4.69, 9.17) is 9.11 Å². The van der Waals surface area contributed by atoms with Crippen molar-refractivity contribution in [2.45, 2.75) is 19.6 Å². The maximum atomic E-state index is 9.34. The molecule has 0 aromatic carbocycles. The van der Waals surface area contributed by atoms with Crippen molar-refractivity contribution in [1.29, 1.82) is 0 Å². The minimum Gasteiger partial charge on any atom is -0.292 e. The molecule has 0 saturated carbocycles. The molecule has 0 fully saturated rings. The Morgan fingerprint density at radius 3 is 1.42 bits per heavy atom. The summed E-state index contributed by atoms with van der Waals surface area (Å²) in [5, 5.41) is 0. The molecule has 0 spiro atoms. The summed E-state index contributed by atoms with van der Waals surface area (Å²) in [5.74, 6) is 0. The predicted octanol–water partition coefficient (Wildman–Crippen LogP) is 0.000700. The summed E-state index contributed by atoms with van der Waals surface area (Å²) in [6.07, 6.45) is 0. The van der Waals surface area contributed by atoms with Crippen LogP contribution in [0.1, 0.15) is 0 Å². The second kappa shape index (κ2) is 5.86. The molecule has 0 saturated heterocycles. The second-order valence-electron chi connectivity index (χ2n) is 3.64. The van der Waals surface area contributed by atoms with E-state index in [1.807, 2.05) is 0 Å². The van der Waals surface area contributed by atoms with Crippen molar-refractivity contribution in [3.63, 3.8) is 0 Å². The Balaban J connectivity index is 0. The molecule has 0 aliphatic rings. The smallest absolute Gasteiger partial charge is 0.292 e. The molecule has 0 bridgehead atoms. The van der Waals surface area contributed by atoms with Crippen LogP contribution in [-0.4, -0.2) is 53.4 Å². The molecule has 0 aromatic rings. The normalized spacial score (nSPS) is 14.6. The molecular formula is C3H11NaO5S2Si. The first-order chi connectivity index (χ1) is 4.94. The molecule has 1 atom stereocenters. The van der Waals surface area contributed by atoms with E-state index in [2.05, 4.69) is 19.6 Å². The van der Waals surface area contributed by atoms with Gasteiger partial charge >= 0.3 is 70.6 Å². The minimum absolute atomic E-state index is 0.472. The van der Waals surface area contributed by atoms with E-state index in [0.29, 0.717) is 0 Å². The van der Waals surface area contributed by atoms with Gasteiger partial charge in [-0.1, -0.05) is 0 Å². The first-order valence-electron chi connectivity index (χ1n) is 3.03. The quantitative estimate of drug-likeness (QED) is 0.292. The molecule has 5 nitrogen and oxygen atoms in total. The molecule has 9 heteroatoms. The van der Waals surface area contributed by atoms with Crippen LogP contribution in [0.3, 0.4) is 0 Å². The standard InChI is InChI=1S/C3H9Si.Na.H2O5S2/c1-4(2)3;;1-6(2)7(3,4)5/h1-3H3;;(H,1,2)(H,3,4,5).